The van der Waals surface area contributed by atoms with E-state index in [2.05, 4.69) is 10.5 Å². The van der Waals surface area contributed by atoms with Gasteiger partial charge in [0.1, 0.15) is 0 Å². The Morgan fingerprint density at radius 3 is 1.98 bits per heavy atom. The number of benzene rings is 5. The Hall–Kier alpha value is -4.61. The van der Waals surface area contributed by atoms with Crippen LogP contribution >= 0.6 is 0 Å². The third-order valence-corrected chi connectivity index (χ3v) is 11.9. The molecule has 7 rings (SSSR count). The summed E-state index contributed by atoms with van der Waals surface area (Å²) in [6, 6.07) is 15.7. The molecule has 6 aromatic rings. The van der Waals surface area contributed by atoms with Gasteiger partial charge < -0.3 is 0 Å². The molecule has 1 heterocycles. The van der Waals surface area contributed by atoms with Gasteiger partial charge in [-0.25, -0.2) is 0 Å². The van der Waals surface area contributed by atoms with Gasteiger partial charge in [-0.05, 0) is 0 Å². The standard InChI is InChI=1S/C45H25B14N2/c1-6-21(47)28-30-33(40(55)44(59)43(58)38(30)53)45(4,5)32(28)22(48)16-20-27-29(37(52)42(57)41(56)36(27)51)26(31(35(20)50)39(54)34(49)17(3)46)18-11-10-12-19(15-18)61-24-14-9-8-13-23(24)60-25(61)7-2/h1,8-15H,7,16H2,2-5H3/b28-21+,32-22?,34-17-,39-31+. The molecule has 0 unspecified atom stereocenters. The maximum absolute atomic E-state index is 7.37. The fourth-order valence-electron chi connectivity index (χ4n) is 8.93. The van der Waals surface area contributed by atoms with Gasteiger partial charge in [-0.2, -0.15) is 0 Å². The Bertz CT molecular complexity index is 3200. The second-order valence-corrected chi connectivity index (χ2v) is 15.9. The van der Waals surface area contributed by atoms with Crippen molar-refractivity contribution < 1.29 is 0 Å². The summed E-state index contributed by atoms with van der Waals surface area (Å²) in [4.78, 5) is 4.90. The van der Waals surface area contributed by atoms with Crippen molar-refractivity contribution in [2.75, 3.05) is 0 Å². The van der Waals surface area contributed by atoms with Crippen molar-refractivity contribution in [3.8, 4) is 29.2 Å². The van der Waals surface area contributed by atoms with Crippen molar-refractivity contribution in [1.29, 1.82) is 0 Å². The number of rotatable bonds is 6. The van der Waals surface area contributed by atoms with E-state index in [9.17, 15) is 0 Å². The van der Waals surface area contributed by atoms with Crippen LogP contribution in [0.5, 0.6) is 0 Å². The van der Waals surface area contributed by atoms with Crippen LogP contribution < -0.4 is 48.9 Å². The molecule has 0 saturated carbocycles. The molecule has 16 heteroatoms. The summed E-state index contributed by atoms with van der Waals surface area (Å²) in [5, 5.41) is 1.25. The van der Waals surface area contributed by atoms with E-state index in [4.69, 9.17) is 121 Å². The Labute approximate surface area is 377 Å². The number of para-hydroxylation sites is 2. The summed E-state index contributed by atoms with van der Waals surface area (Å²) >= 11 is 0. The topological polar surface area (TPSA) is 17.8 Å². The van der Waals surface area contributed by atoms with Crippen molar-refractivity contribution >= 4 is 186 Å². The second kappa shape index (κ2) is 16.3. The molecule has 0 aliphatic heterocycles. The van der Waals surface area contributed by atoms with E-state index in [1.165, 1.54) is 0 Å². The van der Waals surface area contributed by atoms with Gasteiger partial charge in [0.2, 0.25) is 0 Å². The van der Waals surface area contributed by atoms with Crippen LogP contribution in [0.25, 0.3) is 49.7 Å². The van der Waals surface area contributed by atoms with Crippen LogP contribution in [0.15, 0.2) is 76.0 Å². The first-order valence-electron chi connectivity index (χ1n) is 19.4. The summed E-state index contributed by atoms with van der Waals surface area (Å²) in [5.74, 6) is 3.39. The number of aromatic nitrogens is 2. The molecule has 5 aromatic carbocycles. The normalized spacial score (nSPS) is 16.0. The predicted octanol–water partition coefficient (Wildman–Crippen LogP) is -2.51. The Kier molecular flexibility index (Phi) is 11.8. The molecule has 1 aromatic heterocycles. The van der Waals surface area contributed by atoms with Gasteiger partial charge in [-0.1, -0.05) is 0 Å². The first-order valence-corrected chi connectivity index (χ1v) is 19.4. The number of fused-ring (bicyclic) bond motifs is 3. The summed E-state index contributed by atoms with van der Waals surface area (Å²) in [6.07, 6.45) is 6.53. The molecular formula is C45H25B14N2. The molecule has 1 aliphatic rings. The van der Waals surface area contributed by atoms with E-state index in [0.29, 0.717) is 61.4 Å². The predicted molar refractivity (Wildman–Crippen MR) is 272 cm³/mol. The Morgan fingerprint density at radius 1 is 0.754 bits per heavy atom. The average molecular weight is 745 g/mol. The molecule has 257 valence electrons. The molecule has 0 bridgehead atoms. The summed E-state index contributed by atoms with van der Waals surface area (Å²) in [6.45, 7) is 7.48. The Morgan fingerprint density at radius 2 is 1.36 bits per heavy atom. The zero-order valence-electron chi connectivity index (χ0n) is 34.6. The first-order chi connectivity index (χ1) is 28.7. The molecule has 0 N–H and O–H groups in total. The zero-order chi connectivity index (χ0) is 44.7. The number of nitrogens with zero attached hydrogens (tertiary/aromatic N) is 2. The van der Waals surface area contributed by atoms with Gasteiger partial charge in [-0.3, -0.25) is 0 Å². The zero-order valence-corrected chi connectivity index (χ0v) is 34.6. The van der Waals surface area contributed by atoms with Crippen LogP contribution in [0, 0.1) is 17.5 Å². The van der Waals surface area contributed by atoms with Crippen LogP contribution in [0.3, 0.4) is 0 Å². The van der Waals surface area contributed by atoms with Gasteiger partial charge in [0.05, 0.1) is 0 Å². The van der Waals surface area contributed by atoms with E-state index < -0.39 is 5.41 Å². The summed E-state index contributed by atoms with van der Waals surface area (Å²) in [5.41, 5.74) is 6.62. The van der Waals surface area contributed by atoms with E-state index in [1.54, 1.807) is 6.92 Å². The number of allylic oxidation sites excluding steroid dienone is 6. The van der Waals surface area contributed by atoms with E-state index in [-0.39, 0.29) is 82.6 Å². The van der Waals surface area contributed by atoms with Gasteiger partial charge in [-0.15, -0.1) is 0 Å². The molecule has 27 radical (unpaired) electrons. The number of aryl methyl sites for hydroxylation is 1. The van der Waals surface area contributed by atoms with Gasteiger partial charge in [0, 0.05) is 0 Å². The quantitative estimate of drug-likeness (QED) is 0.136. The first kappa shape index (κ1) is 44.4. The van der Waals surface area contributed by atoms with Crippen molar-refractivity contribution in [2.45, 2.75) is 46.0 Å². The van der Waals surface area contributed by atoms with Crippen LogP contribution in [0.4, 0.5) is 0 Å². The van der Waals surface area contributed by atoms with Gasteiger partial charge >= 0.3 is 380 Å². The molecule has 0 atom stereocenters. The molecule has 1 aliphatic carbocycles. The van der Waals surface area contributed by atoms with Crippen LogP contribution in [-0.2, 0) is 18.3 Å². The third-order valence-electron chi connectivity index (χ3n) is 11.9. The number of terminal acetylenes is 1. The maximum atomic E-state index is 7.37. The molecule has 0 amide bonds. The van der Waals surface area contributed by atoms with E-state index in [1.807, 2.05) is 69.3 Å². The number of hydrogen-bond acceptors (Lipinski definition) is 1. The van der Waals surface area contributed by atoms with Gasteiger partial charge in [0.25, 0.3) is 0 Å². The minimum atomic E-state index is -0.970. The fraction of sp³-hybridized carbons (Fsp3) is 0.156. The SMILES string of the molecule is [B]C(Cc1c(=[B])/c(=C([B])\C([B])=C(\[B])C)c(-c2cccc(-n3c(CC)nc4ccccc43)c2)c2c([B])c([B])c([B])c([B])c12)=C1/C(=C(/[B])C#C)c2c([B])c([B])c([B])c([B])c2C1(C)C. The van der Waals surface area contributed by atoms with Crippen LogP contribution in [0.2, 0.25) is 0 Å². The van der Waals surface area contributed by atoms with Crippen molar-refractivity contribution in [2.24, 2.45) is 0 Å². The molecule has 0 spiro atoms. The van der Waals surface area contributed by atoms with Crippen molar-refractivity contribution in [1.82, 2.24) is 9.55 Å². The van der Waals surface area contributed by atoms with Crippen LogP contribution in [-0.4, -0.2) is 119 Å². The summed E-state index contributed by atoms with van der Waals surface area (Å²) < 4.78 is 2.09. The number of hydrogen-bond donors (Lipinski definition) is 0. The molecule has 2 nitrogen and oxygen atoms in total. The molecule has 0 fully saturated rings. The minimum absolute atomic E-state index is 0.0420. The van der Waals surface area contributed by atoms with Crippen LogP contribution in [0.1, 0.15) is 50.2 Å². The van der Waals surface area contributed by atoms with E-state index >= 15 is 0 Å². The van der Waals surface area contributed by atoms with Crippen molar-refractivity contribution in [3.05, 3.63) is 109 Å². The second-order valence-electron chi connectivity index (χ2n) is 15.9. The molecular weight excluding hydrogens is 720 g/mol. The molecule has 61 heavy (non-hydrogen) atoms. The number of imidazole rings is 1. The average Bonchev–Trinajstić information content (AvgIpc) is 3.74. The monoisotopic (exact) mass is 747 g/mol. The summed E-state index contributed by atoms with van der Waals surface area (Å²) in [7, 11) is 94.5. The fourth-order valence-corrected chi connectivity index (χ4v) is 8.93. The third kappa shape index (κ3) is 6.80. The van der Waals surface area contributed by atoms with Crippen molar-refractivity contribution in [3.63, 3.8) is 0 Å². The van der Waals surface area contributed by atoms with Gasteiger partial charge in [0.15, 0.2) is 0 Å². The van der Waals surface area contributed by atoms with E-state index in [0.717, 1.165) is 22.5 Å². The molecule has 0 saturated heterocycles. The Balaban J connectivity index is 1.65.